The van der Waals surface area contributed by atoms with Crippen LogP contribution in [0.25, 0.3) is 55.8 Å². The lowest BCUT2D eigenvalue weighted by Gasteiger charge is -2.37. The van der Waals surface area contributed by atoms with Gasteiger partial charge in [-0.05, 0) is 47.5 Å². The van der Waals surface area contributed by atoms with Gasteiger partial charge in [0.2, 0.25) is 0 Å². The van der Waals surface area contributed by atoms with Crippen LogP contribution in [-0.2, 0) is 0 Å². The number of aromatic nitrogens is 7. The second kappa shape index (κ2) is 7.71. The monoisotopic (exact) mass is 459 g/mol. The van der Waals surface area contributed by atoms with Crippen LogP contribution in [0.3, 0.4) is 0 Å². The number of H-pyrrole nitrogens is 2. The van der Waals surface area contributed by atoms with Crippen molar-refractivity contribution in [3.8, 4) is 33.9 Å². The van der Waals surface area contributed by atoms with Crippen molar-refractivity contribution in [3.05, 3.63) is 73.3 Å². The zero-order valence-electron chi connectivity index (χ0n) is 18.7. The smallest absolute Gasteiger partial charge is 0.147 e. The average Bonchev–Trinajstić information content (AvgIpc) is 3.51. The Hall–Kier alpha value is -4.63. The Morgan fingerprint density at radius 2 is 1.77 bits per heavy atom. The van der Waals surface area contributed by atoms with Gasteiger partial charge >= 0.3 is 0 Å². The quantitative estimate of drug-likeness (QED) is 0.366. The van der Waals surface area contributed by atoms with Gasteiger partial charge in [-0.2, -0.15) is 5.10 Å². The average molecular weight is 460 g/mol. The number of benzene rings is 1. The van der Waals surface area contributed by atoms with Crippen molar-refractivity contribution in [2.75, 3.05) is 18.0 Å². The number of anilines is 1. The van der Waals surface area contributed by atoms with Crippen LogP contribution < -0.4 is 10.6 Å². The van der Waals surface area contributed by atoms with Crippen LogP contribution in [0.15, 0.2) is 73.3 Å². The van der Waals surface area contributed by atoms with E-state index in [2.05, 4.69) is 48.2 Å². The summed E-state index contributed by atoms with van der Waals surface area (Å²) in [6, 6.07) is 16.5. The summed E-state index contributed by atoms with van der Waals surface area (Å²) in [5.74, 6) is 0.817. The van der Waals surface area contributed by atoms with E-state index in [0.717, 1.165) is 69.1 Å². The van der Waals surface area contributed by atoms with Gasteiger partial charge in [0.25, 0.3) is 0 Å². The highest BCUT2D eigenvalue weighted by Gasteiger charge is 2.25. The summed E-state index contributed by atoms with van der Waals surface area (Å²) in [4.78, 5) is 23.9. The molecule has 1 aromatic carbocycles. The van der Waals surface area contributed by atoms with E-state index in [1.807, 2.05) is 42.7 Å². The molecule has 6 aromatic rings. The number of nitrogens with zero attached hydrogens (tertiary/aromatic N) is 6. The zero-order chi connectivity index (χ0) is 23.4. The van der Waals surface area contributed by atoms with Gasteiger partial charge in [0, 0.05) is 42.4 Å². The SMILES string of the molecule is NC1CN(c2cncc(-c3ccc4[nH]nc(-c5cc6c(-c7ccncc7)cccc6[nH]5)c4n3)n2)C1. The zero-order valence-corrected chi connectivity index (χ0v) is 18.7. The fourth-order valence-corrected chi connectivity index (χ4v) is 4.63. The lowest BCUT2D eigenvalue weighted by Crippen LogP contribution is -2.56. The van der Waals surface area contributed by atoms with Crippen molar-refractivity contribution in [2.24, 2.45) is 5.73 Å². The number of fused-ring (bicyclic) bond motifs is 2. The molecule has 4 N–H and O–H groups in total. The van der Waals surface area contributed by atoms with Crippen molar-refractivity contribution in [1.82, 2.24) is 35.1 Å². The third kappa shape index (κ3) is 3.32. The molecule has 0 atom stereocenters. The van der Waals surface area contributed by atoms with Gasteiger partial charge in [0.1, 0.15) is 22.7 Å². The van der Waals surface area contributed by atoms with E-state index in [0.29, 0.717) is 5.69 Å². The third-order valence-electron chi connectivity index (χ3n) is 6.44. The summed E-state index contributed by atoms with van der Waals surface area (Å²) in [5, 5.41) is 8.82. The van der Waals surface area contributed by atoms with Gasteiger partial charge in [-0.25, -0.2) is 9.97 Å². The Kier molecular flexibility index (Phi) is 4.36. The Balaban J connectivity index is 1.31. The van der Waals surface area contributed by atoms with Crippen LogP contribution in [0.1, 0.15) is 0 Å². The van der Waals surface area contributed by atoms with E-state index in [1.165, 1.54) is 0 Å². The summed E-state index contributed by atoms with van der Waals surface area (Å²) in [6.07, 6.45) is 7.12. The van der Waals surface area contributed by atoms with Crippen molar-refractivity contribution in [1.29, 1.82) is 0 Å². The number of nitrogens with two attached hydrogens (primary N) is 1. The highest BCUT2D eigenvalue weighted by molar-refractivity contribution is 6.00. The Labute approximate surface area is 200 Å². The molecular weight excluding hydrogens is 438 g/mol. The molecule has 9 nitrogen and oxygen atoms in total. The Morgan fingerprint density at radius 1 is 0.886 bits per heavy atom. The van der Waals surface area contributed by atoms with E-state index in [4.69, 9.17) is 15.7 Å². The minimum absolute atomic E-state index is 0.193. The molecule has 0 spiro atoms. The molecule has 1 aliphatic heterocycles. The predicted octanol–water partition coefficient (Wildman–Crippen LogP) is 3.77. The first-order chi connectivity index (χ1) is 17.2. The molecule has 0 unspecified atom stereocenters. The van der Waals surface area contributed by atoms with Crippen LogP contribution in [0.2, 0.25) is 0 Å². The number of hydrogen-bond acceptors (Lipinski definition) is 7. The molecule has 1 fully saturated rings. The summed E-state index contributed by atoms with van der Waals surface area (Å²) in [5.41, 5.74) is 14.0. The van der Waals surface area contributed by atoms with E-state index in [9.17, 15) is 0 Å². The molecule has 5 aromatic heterocycles. The van der Waals surface area contributed by atoms with Crippen molar-refractivity contribution in [3.63, 3.8) is 0 Å². The lowest BCUT2D eigenvalue weighted by molar-refractivity contribution is 0.514. The van der Waals surface area contributed by atoms with Crippen LogP contribution in [0.4, 0.5) is 5.82 Å². The normalized spacial score (nSPS) is 14.0. The topological polar surface area (TPSA) is 125 Å². The van der Waals surface area contributed by atoms with Crippen molar-refractivity contribution >= 4 is 27.8 Å². The van der Waals surface area contributed by atoms with E-state index in [1.54, 1.807) is 12.4 Å². The molecule has 1 saturated heterocycles. The molecule has 0 aliphatic carbocycles. The molecule has 0 amide bonds. The highest BCUT2D eigenvalue weighted by atomic mass is 15.3. The predicted molar refractivity (Wildman–Crippen MR) is 136 cm³/mol. The van der Waals surface area contributed by atoms with Gasteiger partial charge in [0.15, 0.2) is 0 Å². The van der Waals surface area contributed by atoms with Crippen LogP contribution in [-0.4, -0.2) is 54.2 Å². The third-order valence-corrected chi connectivity index (χ3v) is 6.44. The maximum Gasteiger partial charge on any atom is 0.147 e. The van der Waals surface area contributed by atoms with Gasteiger partial charge in [-0.3, -0.25) is 15.1 Å². The summed E-state index contributed by atoms with van der Waals surface area (Å²) in [7, 11) is 0. The fourth-order valence-electron chi connectivity index (χ4n) is 4.63. The van der Waals surface area contributed by atoms with Gasteiger partial charge in [0.05, 0.1) is 29.3 Å². The Bertz CT molecular complexity index is 1680. The Morgan fingerprint density at radius 3 is 2.63 bits per heavy atom. The second-order valence-electron chi connectivity index (χ2n) is 8.78. The van der Waals surface area contributed by atoms with Gasteiger partial charge in [-0.15, -0.1) is 0 Å². The first-order valence-electron chi connectivity index (χ1n) is 11.4. The molecule has 0 radical (unpaired) electrons. The highest BCUT2D eigenvalue weighted by Crippen LogP contribution is 2.34. The van der Waals surface area contributed by atoms with E-state index in [-0.39, 0.29) is 6.04 Å². The minimum Gasteiger partial charge on any atom is -0.353 e. The number of aromatic amines is 2. The molecule has 6 heterocycles. The number of nitrogens with one attached hydrogen (secondary N) is 2. The van der Waals surface area contributed by atoms with E-state index < -0.39 is 0 Å². The molecule has 9 heteroatoms. The van der Waals surface area contributed by atoms with Crippen LogP contribution in [0.5, 0.6) is 0 Å². The standard InChI is InChI=1S/C26H21N9/c27-16-13-35(14-16)24-12-29-11-23(31-24)20-4-5-21-25(32-20)26(34-33-21)22-10-18-17(2-1-3-19(18)30-22)15-6-8-28-9-7-15/h1-12,16,30H,13-14,27H2,(H,33,34). The first kappa shape index (κ1) is 19.8. The molecule has 1 aliphatic rings. The van der Waals surface area contributed by atoms with E-state index >= 15 is 0 Å². The van der Waals surface area contributed by atoms with Crippen molar-refractivity contribution in [2.45, 2.75) is 6.04 Å². The maximum absolute atomic E-state index is 5.93. The minimum atomic E-state index is 0.193. The number of hydrogen-bond donors (Lipinski definition) is 3. The molecule has 170 valence electrons. The van der Waals surface area contributed by atoms with Gasteiger partial charge < -0.3 is 15.6 Å². The molecule has 0 bridgehead atoms. The first-order valence-corrected chi connectivity index (χ1v) is 11.4. The maximum atomic E-state index is 5.93. The molecule has 0 saturated carbocycles. The van der Waals surface area contributed by atoms with Crippen LogP contribution >= 0.6 is 0 Å². The van der Waals surface area contributed by atoms with Crippen LogP contribution in [0, 0.1) is 0 Å². The molecule has 7 rings (SSSR count). The summed E-state index contributed by atoms with van der Waals surface area (Å²) >= 11 is 0. The molecular formula is C26H21N9. The largest absolute Gasteiger partial charge is 0.353 e. The second-order valence-corrected chi connectivity index (χ2v) is 8.78. The fraction of sp³-hybridized carbons (Fsp3) is 0.115. The summed E-state index contributed by atoms with van der Waals surface area (Å²) in [6.45, 7) is 1.58. The molecule has 35 heavy (non-hydrogen) atoms. The summed E-state index contributed by atoms with van der Waals surface area (Å²) < 4.78 is 0. The number of pyridine rings is 2. The number of rotatable bonds is 4. The van der Waals surface area contributed by atoms with Crippen molar-refractivity contribution < 1.29 is 0 Å². The van der Waals surface area contributed by atoms with Gasteiger partial charge in [-0.1, -0.05) is 12.1 Å². The lowest BCUT2D eigenvalue weighted by atomic mass is 10.0.